The van der Waals surface area contributed by atoms with Gasteiger partial charge in [-0.3, -0.25) is 9.71 Å². The molecule has 0 aliphatic carbocycles. The van der Waals surface area contributed by atoms with Gasteiger partial charge in [0.15, 0.2) is 5.82 Å². The summed E-state index contributed by atoms with van der Waals surface area (Å²) >= 11 is 0. The fraction of sp³-hybridized carbons (Fsp3) is 0.308. The van der Waals surface area contributed by atoms with E-state index in [1.165, 1.54) is 15.2 Å². The Morgan fingerprint density at radius 1 is 0.925 bits per heavy atom. The topological polar surface area (TPSA) is 121 Å². The zero-order valence-corrected chi connectivity index (χ0v) is 22.3. The Labute approximate surface area is 230 Å². The number of hydrogen-bond donors (Lipinski definition) is 2. The van der Waals surface area contributed by atoms with Crippen molar-refractivity contribution in [3.63, 3.8) is 0 Å². The van der Waals surface area contributed by atoms with Gasteiger partial charge in [-0.2, -0.15) is 17.8 Å². The van der Waals surface area contributed by atoms with Gasteiger partial charge in [-0.1, -0.05) is 0 Å². The van der Waals surface area contributed by atoms with Crippen molar-refractivity contribution in [2.24, 2.45) is 0 Å². The van der Waals surface area contributed by atoms with Gasteiger partial charge in [0, 0.05) is 80.6 Å². The van der Waals surface area contributed by atoms with Crippen molar-refractivity contribution < 1.29 is 17.2 Å². The first-order valence-electron chi connectivity index (χ1n) is 12.9. The molecule has 2 saturated heterocycles. The van der Waals surface area contributed by atoms with Crippen molar-refractivity contribution in [3.05, 3.63) is 66.9 Å². The fourth-order valence-corrected chi connectivity index (χ4v) is 6.20. The summed E-state index contributed by atoms with van der Waals surface area (Å²) in [5, 5.41) is 7.91. The van der Waals surface area contributed by atoms with Gasteiger partial charge < -0.3 is 10.2 Å². The molecule has 2 fully saturated rings. The minimum absolute atomic E-state index is 0.158. The summed E-state index contributed by atoms with van der Waals surface area (Å²) < 4.78 is 61.2. The first-order valence-corrected chi connectivity index (χ1v) is 14.4. The van der Waals surface area contributed by atoms with E-state index >= 15 is 4.39 Å². The Bertz CT molecular complexity index is 1600. The lowest BCUT2D eigenvalue weighted by molar-refractivity contribution is 0.482. The Balaban J connectivity index is 1.40. The van der Waals surface area contributed by atoms with E-state index in [-0.39, 0.29) is 17.1 Å². The maximum Gasteiger partial charge on any atom is 0.301 e. The summed E-state index contributed by atoms with van der Waals surface area (Å²) in [4.78, 5) is 15.1. The molecule has 6 rings (SSSR count). The normalized spacial score (nSPS) is 16.4. The highest BCUT2D eigenvalue weighted by Crippen LogP contribution is 2.36. The van der Waals surface area contributed by atoms with E-state index in [0.717, 1.165) is 44.0 Å². The molecule has 4 aromatic rings. The molecular weight excluding hydrogens is 540 g/mol. The highest BCUT2D eigenvalue weighted by molar-refractivity contribution is 7.90. The lowest BCUT2D eigenvalue weighted by Crippen LogP contribution is -2.43. The van der Waals surface area contributed by atoms with Crippen LogP contribution < -0.4 is 14.9 Å². The van der Waals surface area contributed by atoms with Gasteiger partial charge in [-0.15, -0.1) is 0 Å². The molecule has 1 aromatic carbocycles. The molecule has 2 N–H and O–H groups in total. The van der Waals surface area contributed by atoms with Crippen molar-refractivity contribution in [1.29, 1.82) is 0 Å². The van der Waals surface area contributed by atoms with Gasteiger partial charge in [0.05, 0.1) is 23.8 Å². The van der Waals surface area contributed by atoms with Crippen LogP contribution in [0.4, 0.5) is 20.2 Å². The number of anilines is 2. The number of nitrogens with zero attached hydrogens (tertiary/aromatic N) is 7. The van der Waals surface area contributed by atoms with Crippen molar-refractivity contribution in [1.82, 2.24) is 34.4 Å². The van der Waals surface area contributed by atoms with Crippen LogP contribution in [0.15, 0.2) is 55.2 Å². The Morgan fingerprint density at radius 2 is 1.62 bits per heavy atom. The minimum Gasteiger partial charge on any atom is -0.366 e. The van der Waals surface area contributed by atoms with Crippen LogP contribution >= 0.6 is 0 Å². The van der Waals surface area contributed by atoms with E-state index in [1.807, 2.05) is 0 Å². The van der Waals surface area contributed by atoms with Crippen molar-refractivity contribution >= 4 is 21.6 Å². The molecule has 0 bridgehead atoms. The van der Waals surface area contributed by atoms with E-state index < -0.39 is 27.5 Å². The third kappa shape index (κ3) is 5.24. The molecule has 40 heavy (non-hydrogen) atoms. The summed E-state index contributed by atoms with van der Waals surface area (Å²) in [7, 11) is -4.05. The van der Waals surface area contributed by atoms with Crippen LogP contribution in [-0.4, -0.2) is 76.7 Å². The quantitative estimate of drug-likeness (QED) is 0.350. The van der Waals surface area contributed by atoms with E-state index in [1.54, 1.807) is 36.9 Å². The average Bonchev–Trinajstić information content (AvgIpc) is 3.68. The van der Waals surface area contributed by atoms with Crippen molar-refractivity contribution in [2.75, 3.05) is 48.9 Å². The van der Waals surface area contributed by atoms with Crippen LogP contribution in [0.2, 0.25) is 0 Å². The molecular formula is C26H27F2N9O2S. The van der Waals surface area contributed by atoms with Crippen LogP contribution in [0.5, 0.6) is 0 Å². The van der Waals surface area contributed by atoms with Gasteiger partial charge in [0.25, 0.3) is 5.95 Å². The third-order valence-corrected chi connectivity index (χ3v) is 8.47. The lowest BCUT2D eigenvalue weighted by atomic mass is 10.0. The van der Waals surface area contributed by atoms with Crippen molar-refractivity contribution in [2.45, 2.75) is 12.8 Å². The second-order valence-corrected chi connectivity index (χ2v) is 11.2. The number of piperazine rings is 1. The molecule has 0 radical (unpaired) electrons. The van der Waals surface area contributed by atoms with E-state index in [2.05, 4.69) is 35.0 Å². The number of rotatable bonds is 7. The molecule has 14 heteroatoms. The second kappa shape index (κ2) is 10.9. The maximum atomic E-state index is 15.9. The van der Waals surface area contributed by atoms with E-state index in [4.69, 9.17) is 0 Å². The average molecular weight is 568 g/mol. The summed E-state index contributed by atoms with van der Waals surface area (Å²) in [6, 6.07) is 5.24. The SMILES string of the molecule is O=S(=O)(Nc1cc(F)cc(-c2cn(-c3ncc(N4CCNCC4)cn3)nc2-c2ccncc2)c1F)N1CCCC1. The molecule has 0 atom stereocenters. The molecule has 0 saturated carbocycles. The van der Waals surface area contributed by atoms with E-state index in [9.17, 15) is 12.8 Å². The molecule has 0 spiro atoms. The minimum atomic E-state index is -4.05. The predicted molar refractivity (Wildman–Crippen MR) is 146 cm³/mol. The van der Waals surface area contributed by atoms with Crippen LogP contribution in [0, 0.1) is 11.6 Å². The highest BCUT2D eigenvalue weighted by Gasteiger charge is 2.28. The van der Waals surface area contributed by atoms with Gasteiger partial charge in [-0.05, 0) is 31.0 Å². The van der Waals surface area contributed by atoms with Crippen LogP contribution in [-0.2, 0) is 10.2 Å². The summed E-state index contributed by atoms with van der Waals surface area (Å²) in [6.45, 7) is 4.06. The number of halogens is 2. The molecule has 3 aromatic heterocycles. The second-order valence-electron chi connectivity index (χ2n) is 9.58. The van der Waals surface area contributed by atoms with Gasteiger partial charge in [0.1, 0.15) is 11.5 Å². The smallest absolute Gasteiger partial charge is 0.301 e. The lowest BCUT2D eigenvalue weighted by Gasteiger charge is -2.28. The van der Waals surface area contributed by atoms with Gasteiger partial charge in [-0.25, -0.2) is 23.4 Å². The first kappa shape index (κ1) is 26.2. The van der Waals surface area contributed by atoms with Gasteiger partial charge >= 0.3 is 10.2 Å². The van der Waals surface area contributed by atoms with Gasteiger partial charge in [0.2, 0.25) is 0 Å². The Kier molecular flexibility index (Phi) is 7.12. The Hall–Kier alpha value is -4.01. The summed E-state index contributed by atoms with van der Waals surface area (Å²) in [6.07, 6.45) is 9.47. The molecule has 2 aliphatic heterocycles. The number of nitrogens with one attached hydrogen (secondary N) is 2. The fourth-order valence-electron chi connectivity index (χ4n) is 4.91. The van der Waals surface area contributed by atoms with Crippen molar-refractivity contribution in [3.8, 4) is 28.3 Å². The predicted octanol–water partition coefficient (Wildman–Crippen LogP) is 2.83. The molecule has 0 unspecified atom stereocenters. The number of pyridine rings is 1. The van der Waals surface area contributed by atoms with Crippen LogP contribution in [0.3, 0.4) is 0 Å². The van der Waals surface area contributed by atoms with E-state index in [0.29, 0.717) is 37.2 Å². The van der Waals surface area contributed by atoms with Crippen LogP contribution in [0.1, 0.15) is 12.8 Å². The molecule has 2 aliphatic rings. The first-order chi connectivity index (χ1) is 19.4. The zero-order chi connectivity index (χ0) is 27.7. The summed E-state index contributed by atoms with van der Waals surface area (Å²) in [5.74, 6) is -1.48. The monoisotopic (exact) mass is 567 g/mol. The number of hydrogen-bond acceptors (Lipinski definition) is 8. The zero-order valence-electron chi connectivity index (χ0n) is 21.5. The molecule has 5 heterocycles. The number of benzene rings is 1. The largest absolute Gasteiger partial charge is 0.366 e. The number of aromatic nitrogens is 5. The summed E-state index contributed by atoms with van der Waals surface area (Å²) in [5.41, 5.74) is 1.40. The third-order valence-electron chi connectivity index (χ3n) is 6.95. The Morgan fingerprint density at radius 3 is 2.33 bits per heavy atom. The molecule has 0 amide bonds. The molecule has 208 valence electrons. The maximum absolute atomic E-state index is 15.9. The highest BCUT2D eigenvalue weighted by atomic mass is 32.2. The van der Waals surface area contributed by atoms with Crippen LogP contribution in [0.25, 0.3) is 28.3 Å². The molecule has 11 nitrogen and oxygen atoms in total. The standard InChI is InChI=1S/C26H27F2N9O2S/c27-19-13-21(24(28)23(14-19)34-40(38,39)36-9-1-2-10-36)22-17-37(33-25(22)18-3-5-29-6-4-18)26-31-15-20(16-32-26)35-11-7-30-8-12-35/h3-6,13-17,30,34H,1-2,7-12H2.